The highest BCUT2D eigenvalue weighted by molar-refractivity contribution is 6.37. The van der Waals surface area contributed by atoms with E-state index in [1.54, 1.807) is 29.2 Å². The average molecular weight is 645 g/mol. The Morgan fingerprint density at radius 1 is 0.978 bits per heavy atom. The number of benzene rings is 4. The van der Waals surface area contributed by atoms with E-state index in [1.165, 1.54) is 0 Å². The predicted molar refractivity (Wildman–Crippen MR) is 181 cm³/mol. The quantitative estimate of drug-likeness (QED) is 0.191. The summed E-state index contributed by atoms with van der Waals surface area (Å²) >= 11 is 13.1. The molecular weight excluding hydrogens is 613 g/mol. The second-order valence-corrected chi connectivity index (χ2v) is 11.3. The molecule has 0 radical (unpaired) electrons. The lowest BCUT2D eigenvalue weighted by molar-refractivity contribution is -0.119. The van der Waals surface area contributed by atoms with Crippen LogP contribution in [0.3, 0.4) is 0 Å². The third-order valence-electron chi connectivity index (χ3n) is 7.69. The number of ether oxygens (including phenoxy) is 1. The van der Waals surface area contributed by atoms with Gasteiger partial charge in [0.05, 0.1) is 24.6 Å². The van der Waals surface area contributed by atoms with Gasteiger partial charge in [-0.15, -0.1) is 0 Å². The molecule has 45 heavy (non-hydrogen) atoms. The van der Waals surface area contributed by atoms with Gasteiger partial charge in [-0.3, -0.25) is 10.1 Å². The highest BCUT2D eigenvalue weighted by Crippen LogP contribution is 2.35. The maximum atomic E-state index is 14.1. The first-order valence-electron chi connectivity index (χ1n) is 14.5. The van der Waals surface area contributed by atoms with Crippen molar-refractivity contribution in [2.75, 3.05) is 48.0 Å². The molecule has 0 aliphatic carbocycles. The number of nitrogens with two attached hydrogens (primary N) is 1. The van der Waals surface area contributed by atoms with Gasteiger partial charge in [0.1, 0.15) is 0 Å². The summed E-state index contributed by atoms with van der Waals surface area (Å²) in [6.07, 6.45) is -1.30. The Morgan fingerprint density at radius 2 is 1.69 bits per heavy atom. The van der Waals surface area contributed by atoms with Gasteiger partial charge in [-0.2, -0.15) is 0 Å². The van der Waals surface area contributed by atoms with Crippen molar-refractivity contribution in [2.45, 2.75) is 13.1 Å². The molecule has 0 saturated carbocycles. The number of carbonyl (C=O) groups is 2. The van der Waals surface area contributed by atoms with Gasteiger partial charge in [0, 0.05) is 63.0 Å². The fraction of sp³-hybridized carbons (Fsp3) is 0.212. The number of urea groups is 1. The summed E-state index contributed by atoms with van der Waals surface area (Å²) in [6.45, 7) is 5.08. The number of nitrogens with one attached hydrogen (secondary N) is 2. The Labute approximate surface area is 270 Å². The van der Waals surface area contributed by atoms with Gasteiger partial charge in [-0.1, -0.05) is 65.7 Å². The van der Waals surface area contributed by atoms with Gasteiger partial charge in [0.25, 0.3) is 5.91 Å². The van der Waals surface area contributed by atoms with Crippen LogP contribution in [-0.4, -0.2) is 62.6 Å². The van der Waals surface area contributed by atoms with Crippen molar-refractivity contribution < 1.29 is 14.3 Å². The lowest BCUT2D eigenvalue weighted by Gasteiger charge is -2.30. The minimum atomic E-state index is -1.30. The van der Waals surface area contributed by atoms with Crippen molar-refractivity contribution in [1.29, 1.82) is 0 Å². The van der Waals surface area contributed by atoms with Gasteiger partial charge in [0.2, 0.25) is 12.1 Å². The highest BCUT2D eigenvalue weighted by atomic mass is 35.5. The smallest absolute Gasteiger partial charge is 0.318 e. The standard InChI is InChI=1S/C33H31Cl2N7O3/c1-2-42-28-13-11-20(34)19-24(28)29(23-9-5-6-10-25(23)35)38-30(31(42)43)39-33(40-32(36)44)37-26-12-14-27(41-15-17-45-18-16-41)22-8-4-3-7-21(22)26/h3-14,19,30H,2,15-18H2,1H3,(H4,36,37,39,40,44). The molecule has 2 aliphatic heterocycles. The molecule has 230 valence electrons. The number of morpholine rings is 1. The molecule has 0 spiro atoms. The van der Waals surface area contributed by atoms with E-state index in [1.807, 2.05) is 61.5 Å². The van der Waals surface area contributed by atoms with E-state index in [0.29, 0.717) is 58.0 Å². The fourth-order valence-electron chi connectivity index (χ4n) is 5.65. The van der Waals surface area contributed by atoms with E-state index in [-0.39, 0.29) is 5.96 Å². The molecule has 2 heterocycles. The SMILES string of the molecule is CCN1C(=O)C(/N=C(\NC(N)=O)Nc2ccc(N3CCOCC3)c3ccccc23)N=C(c2ccccc2Cl)c2cc(Cl)ccc21. The van der Waals surface area contributed by atoms with E-state index in [9.17, 15) is 9.59 Å². The van der Waals surface area contributed by atoms with Gasteiger partial charge in [-0.05, 0) is 43.3 Å². The molecule has 0 bridgehead atoms. The lowest BCUT2D eigenvalue weighted by Crippen LogP contribution is -2.43. The number of primary amides is 1. The van der Waals surface area contributed by atoms with E-state index in [0.717, 1.165) is 29.5 Å². The number of anilines is 3. The van der Waals surface area contributed by atoms with Crippen LogP contribution in [0.25, 0.3) is 10.8 Å². The highest BCUT2D eigenvalue weighted by Gasteiger charge is 2.32. The zero-order valence-corrected chi connectivity index (χ0v) is 26.0. The molecule has 1 unspecified atom stereocenters. The van der Waals surface area contributed by atoms with Crippen LogP contribution >= 0.6 is 23.2 Å². The maximum Gasteiger partial charge on any atom is 0.318 e. The normalized spacial score (nSPS) is 17.0. The molecule has 3 amide bonds. The van der Waals surface area contributed by atoms with Crippen molar-refractivity contribution in [2.24, 2.45) is 15.7 Å². The monoisotopic (exact) mass is 643 g/mol. The first kappa shape index (κ1) is 30.4. The van der Waals surface area contributed by atoms with Crippen LogP contribution in [0.2, 0.25) is 10.0 Å². The molecule has 0 aromatic heterocycles. The van der Waals surface area contributed by atoms with E-state index >= 15 is 0 Å². The summed E-state index contributed by atoms with van der Waals surface area (Å²) in [5, 5.41) is 8.59. The molecule has 4 N–H and O–H groups in total. The summed E-state index contributed by atoms with van der Waals surface area (Å²) in [5.41, 5.74) is 9.60. The topological polar surface area (TPSA) is 125 Å². The van der Waals surface area contributed by atoms with Crippen LogP contribution < -0.4 is 26.2 Å². The number of halogens is 2. The second-order valence-electron chi connectivity index (χ2n) is 10.4. The summed E-state index contributed by atoms with van der Waals surface area (Å²) < 4.78 is 5.54. The largest absolute Gasteiger partial charge is 0.378 e. The van der Waals surface area contributed by atoms with Crippen LogP contribution in [0.1, 0.15) is 18.1 Å². The first-order valence-corrected chi connectivity index (χ1v) is 15.3. The summed E-state index contributed by atoms with van der Waals surface area (Å²) in [5.74, 6) is -0.436. The molecule has 1 fully saturated rings. The number of likely N-dealkylation sites (N-methyl/N-ethyl adjacent to an activating group) is 1. The minimum absolute atomic E-state index is 0.0348. The molecule has 4 aromatic carbocycles. The Morgan fingerprint density at radius 3 is 2.42 bits per heavy atom. The number of carbonyl (C=O) groups excluding carboxylic acids is 2. The zero-order chi connectivity index (χ0) is 31.5. The number of benzodiazepines with no additional fused rings is 1. The molecule has 4 aromatic rings. The Balaban J connectivity index is 1.46. The third-order valence-corrected chi connectivity index (χ3v) is 8.25. The third kappa shape index (κ3) is 6.30. The lowest BCUT2D eigenvalue weighted by atomic mass is 10.00. The molecule has 1 atom stereocenters. The van der Waals surface area contributed by atoms with Crippen molar-refractivity contribution in [3.8, 4) is 0 Å². The Kier molecular flexibility index (Phi) is 8.88. The van der Waals surface area contributed by atoms with Gasteiger partial charge < -0.3 is 25.6 Å². The number of guanidine groups is 1. The number of fused-ring (bicyclic) bond motifs is 2. The second kappa shape index (κ2) is 13.2. The van der Waals surface area contributed by atoms with E-state index in [4.69, 9.17) is 38.7 Å². The van der Waals surface area contributed by atoms with Gasteiger partial charge >= 0.3 is 6.03 Å². The maximum absolute atomic E-state index is 14.1. The number of rotatable bonds is 5. The van der Waals surface area contributed by atoms with Crippen LogP contribution in [0.5, 0.6) is 0 Å². The van der Waals surface area contributed by atoms with Crippen molar-refractivity contribution in [1.82, 2.24) is 5.32 Å². The Hall–Kier alpha value is -4.64. The van der Waals surface area contributed by atoms with Crippen LogP contribution in [0, 0.1) is 0 Å². The molecule has 10 nitrogen and oxygen atoms in total. The van der Waals surface area contributed by atoms with Gasteiger partial charge in [-0.25, -0.2) is 14.8 Å². The number of hydrogen-bond acceptors (Lipinski definition) is 6. The summed E-state index contributed by atoms with van der Waals surface area (Å²) in [6, 6.07) is 23.5. The average Bonchev–Trinajstić information content (AvgIpc) is 3.15. The number of amides is 3. The molecule has 12 heteroatoms. The van der Waals surface area contributed by atoms with Crippen molar-refractivity contribution in [3.05, 3.63) is 100 Å². The first-order chi connectivity index (χ1) is 21.8. The fourth-order valence-corrected chi connectivity index (χ4v) is 6.05. The molecule has 6 rings (SSSR count). The number of hydrogen-bond donors (Lipinski definition) is 3. The van der Waals surface area contributed by atoms with E-state index in [2.05, 4.69) is 20.5 Å². The summed E-state index contributed by atoms with van der Waals surface area (Å²) in [7, 11) is 0. The minimum Gasteiger partial charge on any atom is -0.378 e. The van der Waals surface area contributed by atoms with E-state index < -0.39 is 18.1 Å². The number of nitrogens with zero attached hydrogens (tertiary/aromatic N) is 4. The van der Waals surface area contributed by atoms with Gasteiger partial charge in [0.15, 0.2) is 0 Å². The van der Waals surface area contributed by atoms with Crippen LogP contribution in [0.15, 0.2) is 88.8 Å². The van der Waals surface area contributed by atoms with Crippen molar-refractivity contribution in [3.63, 3.8) is 0 Å². The van der Waals surface area contributed by atoms with Crippen LogP contribution in [-0.2, 0) is 9.53 Å². The predicted octanol–water partition coefficient (Wildman–Crippen LogP) is 5.65. The summed E-state index contributed by atoms with van der Waals surface area (Å²) in [4.78, 5) is 39.6. The molecule has 2 aliphatic rings. The molecule has 1 saturated heterocycles. The van der Waals surface area contributed by atoms with Crippen molar-refractivity contribution >= 4 is 74.6 Å². The zero-order valence-electron chi connectivity index (χ0n) is 24.5. The molecular formula is C33H31Cl2N7O3. The van der Waals surface area contributed by atoms with Crippen LogP contribution in [0.4, 0.5) is 21.9 Å². The Bertz CT molecular complexity index is 1840. The number of aliphatic imine (C=N–C) groups is 2.